The molecule has 0 saturated heterocycles. The smallest absolute Gasteiger partial charge is 0.330 e. The van der Waals surface area contributed by atoms with Crippen LogP contribution in [0.1, 0.15) is 32.6 Å². The predicted octanol–water partition coefficient (Wildman–Crippen LogP) is 2.00. The van der Waals surface area contributed by atoms with Gasteiger partial charge in [0.05, 0.1) is 6.54 Å². The molecule has 148 valence electrons. The number of anilines is 2. The van der Waals surface area contributed by atoms with E-state index in [0.717, 1.165) is 18.4 Å². The lowest BCUT2D eigenvalue weighted by atomic mass is 10.2. The van der Waals surface area contributed by atoms with Crippen LogP contribution in [0.15, 0.2) is 44.4 Å². The van der Waals surface area contributed by atoms with Gasteiger partial charge < -0.3 is 15.2 Å². The second-order valence-electron chi connectivity index (χ2n) is 6.39. The molecule has 0 aliphatic carbocycles. The molecule has 0 saturated carbocycles. The zero-order valence-electron chi connectivity index (χ0n) is 16.0. The van der Waals surface area contributed by atoms with Gasteiger partial charge in [-0.25, -0.2) is 4.79 Å². The lowest BCUT2D eigenvalue weighted by Crippen LogP contribution is -2.38. The summed E-state index contributed by atoms with van der Waals surface area (Å²) in [6.07, 6.45) is 1.69. The Kier molecular flexibility index (Phi) is 5.93. The van der Waals surface area contributed by atoms with Gasteiger partial charge in [0.2, 0.25) is 11.7 Å². The first-order valence-electron chi connectivity index (χ1n) is 9.30. The van der Waals surface area contributed by atoms with E-state index in [2.05, 4.69) is 15.1 Å². The minimum atomic E-state index is -0.528. The molecule has 0 amide bonds. The summed E-state index contributed by atoms with van der Waals surface area (Å²) in [6, 6.07) is 9.47. The van der Waals surface area contributed by atoms with Gasteiger partial charge in [0.25, 0.3) is 5.56 Å². The summed E-state index contributed by atoms with van der Waals surface area (Å²) >= 11 is 0. The first-order valence-corrected chi connectivity index (χ1v) is 9.30. The predicted molar refractivity (Wildman–Crippen MR) is 107 cm³/mol. The summed E-state index contributed by atoms with van der Waals surface area (Å²) in [5.74, 6) is 0.971. The molecule has 9 nitrogen and oxygen atoms in total. The second kappa shape index (κ2) is 8.55. The second-order valence-corrected chi connectivity index (χ2v) is 6.39. The Morgan fingerprint density at radius 3 is 2.64 bits per heavy atom. The molecular weight excluding hydrogens is 360 g/mol. The van der Waals surface area contributed by atoms with E-state index in [-0.39, 0.29) is 18.1 Å². The summed E-state index contributed by atoms with van der Waals surface area (Å²) < 4.78 is 6.74. The van der Waals surface area contributed by atoms with Gasteiger partial charge in [-0.15, -0.1) is 0 Å². The Balaban J connectivity index is 1.91. The van der Waals surface area contributed by atoms with Crippen LogP contribution in [0.2, 0.25) is 0 Å². The molecule has 2 heterocycles. The van der Waals surface area contributed by atoms with Gasteiger partial charge in [0, 0.05) is 18.7 Å². The molecule has 3 rings (SSSR count). The van der Waals surface area contributed by atoms with E-state index in [1.54, 1.807) is 4.90 Å². The molecule has 3 N–H and O–H groups in total. The molecule has 9 heteroatoms. The van der Waals surface area contributed by atoms with Crippen LogP contribution in [-0.2, 0) is 13.1 Å². The van der Waals surface area contributed by atoms with Crippen LogP contribution in [0.5, 0.6) is 0 Å². The molecule has 0 radical (unpaired) electrons. The third kappa shape index (κ3) is 3.98. The fourth-order valence-electron chi connectivity index (χ4n) is 2.96. The quantitative estimate of drug-likeness (QED) is 0.609. The van der Waals surface area contributed by atoms with Crippen molar-refractivity contribution in [3.05, 3.63) is 57.1 Å². The molecule has 28 heavy (non-hydrogen) atoms. The molecule has 3 aromatic rings. The highest BCUT2D eigenvalue weighted by atomic mass is 16.5. The number of nitrogens with two attached hydrogens (primary N) is 1. The van der Waals surface area contributed by atoms with Gasteiger partial charge in [-0.3, -0.25) is 14.3 Å². The lowest BCUT2D eigenvalue weighted by Gasteiger charge is -2.23. The maximum atomic E-state index is 12.4. The SMILES string of the molecule is CCCCn1c(N)c(N(CC)Cc2nc(-c3ccccc3)no2)c(=O)[nH]c1=O. The summed E-state index contributed by atoms with van der Waals surface area (Å²) in [7, 11) is 0. The number of aromatic nitrogens is 4. The topological polar surface area (TPSA) is 123 Å². The molecule has 0 unspecified atom stereocenters. The summed E-state index contributed by atoms with van der Waals surface area (Å²) in [5.41, 5.74) is 6.23. The number of H-pyrrole nitrogens is 1. The highest BCUT2D eigenvalue weighted by molar-refractivity contribution is 5.62. The molecular formula is C19H24N6O3. The molecule has 2 aromatic heterocycles. The molecule has 0 atom stereocenters. The maximum absolute atomic E-state index is 12.4. The van der Waals surface area contributed by atoms with E-state index in [9.17, 15) is 9.59 Å². The number of nitrogens with one attached hydrogen (secondary N) is 1. The van der Waals surface area contributed by atoms with Crippen molar-refractivity contribution >= 4 is 11.5 Å². The van der Waals surface area contributed by atoms with Gasteiger partial charge in [-0.05, 0) is 13.3 Å². The van der Waals surface area contributed by atoms with Crippen molar-refractivity contribution in [1.29, 1.82) is 0 Å². The summed E-state index contributed by atoms with van der Waals surface area (Å²) in [5, 5.41) is 4.00. The van der Waals surface area contributed by atoms with E-state index in [1.807, 2.05) is 44.2 Å². The Morgan fingerprint density at radius 2 is 1.96 bits per heavy atom. The Bertz CT molecular complexity index is 1040. The van der Waals surface area contributed by atoms with E-state index in [0.29, 0.717) is 24.8 Å². The van der Waals surface area contributed by atoms with Crippen molar-refractivity contribution in [2.24, 2.45) is 0 Å². The molecule has 0 fully saturated rings. The standard InChI is InChI=1S/C19H24N6O3/c1-3-5-11-25-16(20)15(18(26)22-19(25)27)24(4-2)12-14-21-17(23-28-14)13-9-7-6-8-10-13/h6-10H,3-5,11-12,20H2,1-2H3,(H,22,26,27). The van der Waals surface area contributed by atoms with Gasteiger partial charge in [-0.1, -0.05) is 48.8 Å². The van der Waals surface area contributed by atoms with Crippen LogP contribution in [0.3, 0.4) is 0 Å². The Hall–Kier alpha value is -3.36. The number of unbranched alkanes of at least 4 members (excludes halogenated alkanes) is 1. The van der Waals surface area contributed by atoms with Crippen LogP contribution in [0, 0.1) is 0 Å². The normalized spacial score (nSPS) is 10.9. The molecule has 0 aliphatic rings. The minimum absolute atomic E-state index is 0.145. The first kappa shape index (κ1) is 19.4. The Labute approximate surface area is 161 Å². The highest BCUT2D eigenvalue weighted by Crippen LogP contribution is 2.20. The minimum Gasteiger partial charge on any atom is -0.383 e. The van der Waals surface area contributed by atoms with Crippen molar-refractivity contribution < 1.29 is 4.52 Å². The number of aromatic amines is 1. The molecule has 0 aliphatic heterocycles. The van der Waals surface area contributed by atoms with Crippen molar-refractivity contribution in [2.45, 2.75) is 39.8 Å². The lowest BCUT2D eigenvalue weighted by molar-refractivity contribution is 0.377. The molecule has 0 bridgehead atoms. The van der Waals surface area contributed by atoms with Crippen molar-refractivity contribution in [3.63, 3.8) is 0 Å². The largest absolute Gasteiger partial charge is 0.383 e. The van der Waals surface area contributed by atoms with Gasteiger partial charge >= 0.3 is 5.69 Å². The van der Waals surface area contributed by atoms with Crippen molar-refractivity contribution in [1.82, 2.24) is 19.7 Å². The Morgan fingerprint density at radius 1 is 1.21 bits per heavy atom. The number of rotatable bonds is 8. The number of benzene rings is 1. The van der Waals surface area contributed by atoms with Crippen LogP contribution in [0.25, 0.3) is 11.4 Å². The number of nitrogens with zero attached hydrogens (tertiary/aromatic N) is 4. The zero-order valence-corrected chi connectivity index (χ0v) is 16.0. The fraction of sp³-hybridized carbons (Fsp3) is 0.368. The van der Waals surface area contributed by atoms with E-state index in [4.69, 9.17) is 10.3 Å². The van der Waals surface area contributed by atoms with Crippen molar-refractivity contribution in [2.75, 3.05) is 17.2 Å². The van der Waals surface area contributed by atoms with Crippen LogP contribution >= 0.6 is 0 Å². The van der Waals surface area contributed by atoms with Crippen LogP contribution in [0.4, 0.5) is 11.5 Å². The third-order valence-electron chi connectivity index (χ3n) is 4.47. The summed E-state index contributed by atoms with van der Waals surface area (Å²) in [6.45, 7) is 5.03. The van der Waals surface area contributed by atoms with Crippen LogP contribution < -0.4 is 21.9 Å². The monoisotopic (exact) mass is 384 g/mol. The fourth-order valence-corrected chi connectivity index (χ4v) is 2.96. The maximum Gasteiger partial charge on any atom is 0.330 e. The number of hydrogen-bond donors (Lipinski definition) is 2. The zero-order chi connectivity index (χ0) is 20.1. The average Bonchev–Trinajstić information content (AvgIpc) is 3.16. The van der Waals surface area contributed by atoms with Gasteiger partial charge in [-0.2, -0.15) is 4.98 Å². The van der Waals surface area contributed by atoms with Gasteiger partial charge in [0.1, 0.15) is 11.5 Å². The molecule has 1 aromatic carbocycles. The number of hydrogen-bond acceptors (Lipinski definition) is 7. The van der Waals surface area contributed by atoms with E-state index < -0.39 is 11.2 Å². The average molecular weight is 384 g/mol. The van der Waals surface area contributed by atoms with Crippen LogP contribution in [-0.4, -0.2) is 26.2 Å². The van der Waals surface area contributed by atoms with E-state index in [1.165, 1.54) is 4.57 Å². The third-order valence-corrected chi connectivity index (χ3v) is 4.47. The first-order chi connectivity index (χ1) is 13.5. The highest BCUT2D eigenvalue weighted by Gasteiger charge is 2.20. The molecule has 0 spiro atoms. The summed E-state index contributed by atoms with van der Waals surface area (Å²) in [4.78, 5) is 33.0. The van der Waals surface area contributed by atoms with E-state index >= 15 is 0 Å². The van der Waals surface area contributed by atoms with Crippen molar-refractivity contribution in [3.8, 4) is 11.4 Å². The van der Waals surface area contributed by atoms with Gasteiger partial charge in [0.15, 0.2) is 0 Å². The number of nitrogen functional groups attached to an aromatic ring is 1.